The Bertz CT molecular complexity index is 461. The molecule has 1 aliphatic rings. The molecule has 0 aromatic rings. The molecule has 3 amide bonds. The lowest BCUT2D eigenvalue weighted by Crippen LogP contribution is -2.51. The van der Waals surface area contributed by atoms with E-state index >= 15 is 0 Å². The maximum absolute atomic E-state index is 12.4. The van der Waals surface area contributed by atoms with Crippen molar-refractivity contribution in [1.82, 2.24) is 10.2 Å². The Morgan fingerprint density at radius 2 is 2.00 bits per heavy atom. The highest BCUT2D eigenvalue weighted by Crippen LogP contribution is 2.19. The Hall–Kier alpha value is -1.83. The van der Waals surface area contributed by atoms with Gasteiger partial charge in [0.05, 0.1) is 5.92 Å². The molecular weight excluding hydrogens is 314 g/mol. The second-order valence-corrected chi connectivity index (χ2v) is 7.01. The molecular formula is C16H29N3O5. The number of nitrogens with two attached hydrogens (primary N) is 1. The minimum atomic E-state index is -0.769. The number of carbonyl (C=O) groups is 3. The normalized spacial score (nSPS) is 19.5. The van der Waals surface area contributed by atoms with Gasteiger partial charge in [0.2, 0.25) is 11.8 Å². The summed E-state index contributed by atoms with van der Waals surface area (Å²) in [6.45, 7) is 6.55. The standard InChI is InChI=1S/C16H29N3O5/c1-16(2,3)24-15(22)19-8-5-6-11(10-19)14(21)18-12(13(17)20)7-9-23-4/h11-12H,5-10H2,1-4H3,(H2,17,20)(H,18,21)/t11-,12+/m0/s1. The van der Waals surface area contributed by atoms with Crippen LogP contribution in [-0.2, 0) is 19.1 Å². The summed E-state index contributed by atoms with van der Waals surface area (Å²) in [5, 5.41) is 2.66. The van der Waals surface area contributed by atoms with Crippen LogP contribution in [0.25, 0.3) is 0 Å². The Morgan fingerprint density at radius 3 is 2.54 bits per heavy atom. The molecule has 24 heavy (non-hydrogen) atoms. The smallest absolute Gasteiger partial charge is 0.410 e. The van der Waals surface area contributed by atoms with Crippen LogP contribution in [0, 0.1) is 5.92 Å². The fraction of sp³-hybridized carbons (Fsp3) is 0.812. The van der Waals surface area contributed by atoms with Crippen molar-refractivity contribution in [1.29, 1.82) is 0 Å². The van der Waals surface area contributed by atoms with Crippen LogP contribution < -0.4 is 11.1 Å². The van der Waals surface area contributed by atoms with Crippen molar-refractivity contribution >= 4 is 17.9 Å². The van der Waals surface area contributed by atoms with Gasteiger partial charge in [-0.1, -0.05) is 0 Å². The zero-order valence-electron chi connectivity index (χ0n) is 15.0. The number of piperidine rings is 1. The molecule has 138 valence electrons. The van der Waals surface area contributed by atoms with Crippen LogP contribution in [0.2, 0.25) is 0 Å². The summed E-state index contributed by atoms with van der Waals surface area (Å²) in [6.07, 6.45) is 1.25. The first-order valence-corrected chi connectivity index (χ1v) is 8.20. The summed E-state index contributed by atoms with van der Waals surface area (Å²) in [4.78, 5) is 37.5. The largest absolute Gasteiger partial charge is 0.444 e. The molecule has 0 radical (unpaired) electrons. The molecule has 0 bridgehead atoms. The van der Waals surface area contributed by atoms with E-state index in [9.17, 15) is 14.4 Å². The molecule has 1 aliphatic heterocycles. The van der Waals surface area contributed by atoms with E-state index in [2.05, 4.69) is 5.32 Å². The number of nitrogens with zero attached hydrogens (tertiary/aromatic N) is 1. The first-order valence-electron chi connectivity index (χ1n) is 8.20. The number of primary amides is 1. The average Bonchev–Trinajstić information content (AvgIpc) is 2.49. The van der Waals surface area contributed by atoms with Crippen molar-refractivity contribution in [3.8, 4) is 0 Å². The summed E-state index contributed by atoms with van der Waals surface area (Å²) in [7, 11) is 1.51. The van der Waals surface area contributed by atoms with Crippen LogP contribution in [0.4, 0.5) is 4.79 Å². The molecule has 8 nitrogen and oxygen atoms in total. The van der Waals surface area contributed by atoms with Gasteiger partial charge in [0.1, 0.15) is 11.6 Å². The van der Waals surface area contributed by atoms with Crippen LogP contribution in [0.15, 0.2) is 0 Å². The number of likely N-dealkylation sites (tertiary alicyclic amines) is 1. The third-order valence-electron chi connectivity index (χ3n) is 3.71. The number of ether oxygens (including phenoxy) is 2. The number of hydrogen-bond acceptors (Lipinski definition) is 5. The lowest BCUT2D eigenvalue weighted by molar-refractivity contribution is -0.131. The predicted octanol–water partition coefficient (Wildman–Crippen LogP) is 0.640. The highest BCUT2D eigenvalue weighted by molar-refractivity contribution is 5.87. The van der Waals surface area contributed by atoms with Gasteiger partial charge in [-0.05, 0) is 40.0 Å². The maximum atomic E-state index is 12.4. The Morgan fingerprint density at radius 1 is 1.33 bits per heavy atom. The summed E-state index contributed by atoms with van der Waals surface area (Å²) in [5.41, 5.74) is 4.73. The van der Waals surface area contributed by atoms with Crippen LogP contribution >= 0.6 is 0 Å². The summed E-state index contributed by atoms with van der Waals surface area (Å²) in [6, 6.07) is -0.769. The molecule has 3 N–H and O–H groups in total. The summed E-state index contributed by atoms with van der Waals surface area (Å²) < 4.78 is 10.3. The van der Waals surface area contributed by atoms with Gasteiger partial charge in [0, 0.05) is 26.8 Å². The molecule has 0 aromatic carbocycles. The van der Waals surface area contributed by atoms with Crippen molar-refractivity contribution < 1.29 is 23.9 Å². The zero-order valence-corrected chi connectivity index (χ0v) is 15.0. The molecule has 1 rings (SSSR count). The van der Waals surface area contributed by atoms with E-state index in [4.69, 9.17) is 15.2 Å². The monoisotopic (exact) mass is 343 g/mol. The van der Waals surface area contributed by atoms with Gasteiger partial charge in [-0.15, -0.1) is 0 Å². The van der Waals surface area contributed by atoms with Gasteiger partial charge >= 0.3 is 6.09 Å². The van der Waals surface area contributed by atoms with Crippen molar-refractivity contribution in [2.75, 3.05) is 26.8 Å². The van der Waals surface area contributed by atoms with Crippen molar-refractivity contribution in [3.05, 3.63) is 0 Å². The minimum Gasteiger partial charge on any atom is -0.444 e. The molecule has 1 fully saturated rings. The quantitative estimate of drug-likeness (QED) is 0.735. The second-order valence-electron chi connectivity index (χ2n) is 7.01. The Kier molecular flexibility index (Phi) is 7.47. The van der Waals surface area contributed by atoms with E-state index in [1.807, 2.05) is 0 Å². The molecule has 0 spiro atoms. The van der Waals surface area contributed by atoms with Crippen molar-refractivity contribution in [3.63, 3.8) is 0 Å². The fourth-order valence-corrected chi connectivity index (χ4v) is 2.49. The highest BCUT2D eigenvalue weighted by atomic mass is 16.6. The predicted molar refractivity (Wildman–Crippen MR) is 88.1 cm³/mol. The van der Waals surface area contributed by atoms with Gasteiger partial charge in [-0.3, -0.25) is 9.59 Å². The number of nitrogens with one attached hydrogen (secondary N) is 1. The van der Waals surface area contributed by atoms with Crippen LogP contribution in [-0.4, -0.2) is 61.3 Å². The first-order chi connectivity index (χ1) is 11.1. The Balaban J connectivity index is 2.60. The van der Waals surface area contributed by atoms with E-state index in [0.717, 1.165) is 0 Å². The average molecular weight is 343 g/mol. The molecule has 0 unspecified atom stereocenters. The zero-order chi connectivity index (χ0) is 18.3. The Labute approximate surface area is 143 Å². The van der Waals surface area contributed by atoms with E-state index in [1.54, 1.807) is 20.8 Å². The molecule has 0 saturated carbocycles. The maximum Gasteiger partial charge on any atom is 0.410 e. The lowest BCUT2D eigenvalue weighted by atomic mass is 9.97. The van der Waals surface area contributed by atoms with Crippen LogP contribution in [0.3, 0.4) is 0 Å². The van der Waals surface area contributed by atoms with Gasteiger partial charge in [0.25, 0.3) is 0 Å². The van der Waals surface area contributed by atoms with E-state index in [1.165, 1.54) is 12.0 Å². The highest BCUT2D eigenvalue weighted by Gasteiger charge is 2.32. The van der Waals surface area contributed by atoms with Gasteiger partial charge in [-0.25, -0.2) is 4.79 Å². The van der Waals surface area contributed by atoms with Crippen molar-refractivity contribution in [2.24, 2.45) is 11.7 Å². The van der Waals surface area contributed by atoms with Crippen molar-refractivity contribution in [2.45, 2.75) is 51.7 Å². The lowest BCUT2D eigenvalue weighted by Gasteiger charge is -2.34. The molecule has 1 saturated heterocycles. The van der Waals surface area contributed by atoms with Gasteiger partial charge in [-0.2, -0.15) is 0 Å². The number of rotatable bonds is 6. The third-order valence-corrected chi connectivity index (χ3v) is 3.71. The van der Waals surface area contributed by atoms with E-state index in [0.29, 0.717) is 32.4 Å². The molecule has 0 aliphatic carbocycles. The SMILES string of the molecule is COCC[C@@H](NC(=O)[C@H]1CCCN(C(=O)OC(C)(C)C)C1)C(N)=O. The van der Waals surface area contributed by atoms with E-state index in [-0.39, 0.29) is 18.4 Å². The third kappa shape index (κ3) is 6.74. The van der Waals surface area contributed by atoms with Crippen LogP contribution in [0.5, 0.6) is 0 Å². The number of amides is 3. The topological polar surface area (TPSA) is 111 Å². The number of carbonyl (C=O) groups excluding carboxylic acids is 3. The van der Waals surface area contributed by atoms with E-state index < -0.39 is 23.6 Å². The summed E-state index contributed by atoms with van der Waals surface area (Å²) >= 11 is 0. The molecule has 0 aromatic heterocycles. The second kappa shape index (κ2) is 8.86. The summed E-state index contributed by atoms with van der Waals surface area (Å²) in [5.74, 6) is -1.25. The van der Waals surface area contributed by atoms with Gasteiger partial charge < -0.3 is 25.4 Å². The number of methoxy groups -OCH3 is 1. The fourth-order valence-electron chi connectivity index (χ4n) is 2.49. The first kappa shape index (κ1) is 20.2. The molecule has 8 heteroatoms. The minimum absolute atomic E-state index is 0.274. The van der Waals surface area contributed by atoms with Gasteiger partial charge in [0.15, 0.2) is 0 Å². The number of hydrogen-bond donors (Lipinski definition) is 2. The molecule has 1 heterocycles. The van der Waals surface area contributed by atoms with Crippen LogP contribution in [0.1, 0.15) is 40.0 Å². The molecule has 2 atom stereocenters.